The Morgan fingerprint density at radius 2 is 1.92 bits per heavy atom. The quantitative estimate of drug-likeness (QED) is 0.410. The number of nitriles is 1. The summed E-state index contributed by atoms with van der Waals surface area (Å²) in [4.78, 5) is 25.9. The summed E-state index contributed by atoms with van der Waals surface area (Å²) in [6.45, 7) is 3.74. The molecule has 4 aromatic rings. The third-order valence-electron chi connectivity index (χ3n) is 5.71. The molecule has 0 unspecified atom stereocenters. The van der Waals surface area contributed by atoms with E-state index in [1.165, 1.54) is 12.3 Å². The molecule has 0 spiro atoms. The number of nitrogens with two attached hydrogens (primary N) is 1. The van der Waals surface area contributed by atoms with Crippen molar-refractivity contribution >= 4 is 32.5 Å². The van der Waals surface area contributed by atoms with Gasteiger partial charge in [0.2, 0.25) is 0 Å². The Hall–Kier alpha value is -4.36. The third kappa shape index (κ3) is 5.31. The largest absolute Gasteiger partial charge is 0.384 e. The normalized spacial score (nSPS) is 11.3. The zero-order valence-electron chi connectivity index (χ0n) is 20.0. The van der Waals surface area contributed by atoms with Crippen molar-refractivity contribution in [3.63, 3.8) is 0 Å². The molecule has 3 aromatic heterocycles. The van der Waals surface area contributed by atoms with Crippen LogP contribution in [0, 0.1) is 25.2 Å². The van der Waals surface area contributed by atoms with E-state index in [4.69, 9.17) is 5.73 Å². The van der Waals surface area contributed by atoms with E-state index in [9.17, 15) is 18.5 Å². The lowest BCUT2D eigenvalue weighted by molar-refractivity contribution is 0.0950. The number of sulfone groups is 1. The number of hydrogen-bond acceptors (Lipinski definition) is 8. The highest BCUT2D eigenvalue weighted by molar-refractivity contribution is 7.91. The second-order valence-corrected chi connectivity index (χ2v) is 10.6. The maximum atomic E-state index is 12.8. The lowest BCUT2D eigenvalue weighted by atomic mass is 10.0. The van der Waals surface area contributed by atoms with Gasteiger partial charge >= 0.3 is 0 Å². The van der Waals surface area contributed by atoms with E-state index in [1.807, 2.05) is 19.1 Å². The van der Waals surface area contributed by atoms with Crippen LogP contribution in [0.25, 0.3) is 10.9 Å². The van der Waals surface area contributed by atoms with Crippen LogP contribution in [-0.2, 0) is 22.8 Å². The lowest BCUT2D eigenvalue weighted by Crippen LogP contribution is -2.24. The van der Waals surface area contributed by atoms with E-state index < -0.39 is 9.84 Å². The molecule has 0 aliphatic rings. The SMILES string of the molecule is Cc1cnc2c(S(C)(=O)=O)cc(Cc3cc(C(=O)NCc4c(C#N)cc(N)nc4C)ccn3)cc2c1. The van der Waals surface area contributed by atoms with Crippen LogP contribution >= 0.6 is 0 Å². The summed E-state index contributed by atoms with van der Waals surface area (Å²) < 4.78 is 24.8. The molecule has 3 heterocycles. The second-order valence-electron chi connectivity index (χ2n) is 8.62. The third-order valence-corrected chi connectivity index (χ3v) is 6.82. The van der Waals surface area contributed by atoms with Crippen LogP contribution in [0.1, 0.15) is 44.0 Å². The Morgan fingerprint density at radius 3 is 2.64 bits per heavy atom. The fourth-order valence-corrected chi connectivity index (χ4v) is 4.90. The molecule has 0 saturated heterocycles. The van der Waals surface area contributed by atoms with Crippen LogP contribution in [0.3, 0.4) is 0 Å². The van der Waals surface area contributed by atoms with E-state index in [2.05, 4.69) is 26.3 Å². The molecule has 36 heavy (non-hydrogen) atoms. The summed E-state index contributed by atoms with van der Waals surface area (Å²) in [5.41, 5.74) is 10.3. The van der Waals surface area contributed by atoms with Gasteiger partial charge in [-0.05, 0) is 61.4 Å². The van der Waals surface area contributed by atoms with Gasteiger partial charge in [0.25, 0.3) is 5.91 Å². The van der Waals surface area contributed by atoms with Gasteiger partial charge in [0.1, 0.15) is 5.82 Å². The molecule has 0 atom stereocenters. The van der Waals surface area contributed by atoms with Crippen molar-refractivity contribution in [2.45, 2.75) is 31.7 Å². The van der Waals surface area contributed by atoms with Crippen molar-refractivity contribution < 1.29 is 13.2 Å². The molecule has 0 aliphatic heterocycles. The van der Waals surface area contributed by atoms with Gasteiger partial charge in [-0.1, -0.05) is 0 Å². The summed E-state index contributed by atoms with van der Waals surface area (Å²) >= 11 is 0. The minimum Gasteiger partial charge on any atom is -0.384 e. The van der Waals surface area contributed by atoms with Crippen molar-refractivity contribution in [3.8, 4) is 6.07 Å². The summed E-state index contributed by atoms with van der Waals surface area (Å²) in [6.07, 6.45) is 4.66. The van der Waals surface area contributed by atoms with Crippen LogP contribution in [0.2, 0.25) is 0 Å². The number of rotatable bonds is 6. The van der Waals surface area contributed by atoms with Crippen LogP contribution in [0.15, 0.2) is 53.7 Å². The molecule has 9 nitrogen and oxygen atoms in total. The molecule has 0 saturated carbocycles. The summed E-state index contributed by atoms with van der Waals surface area (Å²) in [6, 6.07) is 12.2. The number of aryl methyl sites for hydroxylation is 2. The number of carbonyl (C=O) groups excluding carboxylic acids is 1. The Balaban J connectivity index is 1.59. The molecule has 0 aliphatic carbocycles. The number of aromatic nitrogens is 3. The Bertz CT molecular complexity index is 1660. The smallest absolute Gasteiger partial charge is 0.251 e. The van der Waals surface area contributed by atoms with Crippen molar-refractivity contribution in [2.24, 2.45) is 0 Å². The fourth-order valence-electron chi connectivity index (χ4n) is 4.01. The maximum Gasteiger partial charge on any atom is 0.251 e. The monoisotopic (exact) mass is 500 g/mol. The minimum absolute atomic E-state index is 0.118. The molecule has 0 radical (unpaired) electrons. The molecule has 0 fully saturated rings. The van der Waals surface area contributed by atoms with Crippen molar-refractivity contribution in [2.75, 3.05) is 12.0 Å². The average molecular weight is 501 g/mol. The van der Waals surface area contributed by atoms with Crippen molar-refractivity contribution in [1.29, 1.82) is 5.26 Å². The fraction of sp³-hybridized carbons (Fsp3) is 0.192. The standard InChI is InChI=1S/C26H24N6O3S/c1-15-6-19-7-17(9-23(36(3,34)35)25(19)30-13-15)8-21-10-18(4-5-29-21)26(33)31-14-22-16(2)32-24(28)11-20(22)12-27/h4-7,9-11,13H,8,14H2,1-3H3,(H2,28,32)(H,31,33). The summed E-state index contributed by atoms with van der Waals surface area (Å²) in [7, 11) is -3.51. The predicted octanol–water partition coefficient (Wildman–Crippen LogP) is 3.02. The topological polar surface area (TPSA) is 152 Å². The number of hydrogen-bond donors (Lipinski definition) is 2. The van der Waals surface area contributed by atoms with E-state index in [-0.39, 0.29) is 23.2 Å². The van der Waals surface area contributed by atoms with Crippen LogP contribution in [0.5, 0.6) is 0 Å². The van der Waals surface area contributed by atoms with Crippen LogP contribution < -0.4 is 11.1 Å². The first-order valence-electron chi connectivity index (χ1n) is 11.0. The van der Waals surface area contributed by atoms with Gasteiger partial charge < -0.3 is 11.1 Å². The van der Waals surface area contributed by atoms with Crippen LogP contribution in [0.4, 0.5) is 5.82 Å². The first kappa shape index (κ1) is 24.8. The number of pyridine rings is 3. The van der Waals surface area contributed by atoms with Gasteiger partial charge in [0, 0.05) is 59.5 Å². The Morgan fingerprint density at radius 1 is 1.14 bits per heavy atom. The Labute approximate surface area is 209 Å². The highest BCUT2D eigenvalue weighted by atomic mass is 32.2. The number of benzene rings is 1. The molecule has 182 valence electrons. The average Bonchev–Trinajstić information content (AvgIpc) is 2.81. The molecule has 10 heteroatoms. The molecule has 0 bridgehead atoms. The van der Waals surface area contributed by atoms with E-state index >= 15 is 0 Å². The van der Waals surface area contributed by atoms with Gasteiger partial charge in [0.15, 0.2) is 9.84 Å². The highest BCUT2D eigenvalue weighted by Crippen LogP contribution is 2.25. The number of nitrogens with one attached hydrogen (secondary N) is 1. The lowest BCUT2D eigenvalue weighted by Gasteiger charge is -2.11. The number of anilines is 1. The first-order chi connectivity index (χ1) is 17.0. The van der Waals surface area contributed by atoms with E-state index in [1.54, 1.807) is 31.3 Å². The zero-order valence-corrected chi connectivity index (χ0v) is 20.8. The van der Waals surface area contributed by atoms with Gasteiger partial charge in [-0.2, -0.15) is 5.26 Å². The number of fused-ring (bicyclic) bond motifs is 1. The molecular weight excluding hydrogens is 476 g/mol. The Kier molecular flexibility index (Phi) is 6.68. The van der Waals surface area contributed by atoms with Gasteiger partial charge in [-0.25, -0.2) is 13.4 Å². The predicted molar refractivity (Wildman–Crippen MR) is 136 cm³/mol. The van der Waals surface area contributed by atoms with E-state index in [0.29, 0.717) is 40.0 Å². The van der Waals surface area contributed by atoms with Crippen LogP contribution in [-0.4, -0.2) is 35.5 Å². The molecule has 1 amide bonds. The first-order valence-corrected chi connectivity index (χ1v) is 12.9. The second kappa shape index (κ2) is 9.71. The van der Waals surface area contributed by atoms with Crippen molar-refractivity contribution in [3.05, 3.63) is 88.0 Å². The number of carbonyl (C=O) groups is 1. The summed E-state index contributed by atoms with van der Waals surface area (Å²) in [5, 5.41) is 12.9. The summed E-state index contributed by atoms with van der Waals surface area (Å²) in [5.74, 6) is -0.0921. The highest BCUT2D eigenvalue weighted by Gasteiger charge is 2.16. The number of amides is 1. The zero-order chi connectivity index (χ0) is 26.0. The molecule has 4 rings (SSSR count). The van der Waals surface area contributed by atoms with Gasteiger partial charge in [-0.15, -0.1) is 0 Å². The minimum atomic E-state index is -3.51. The number of nitrogen functional groups attached to an aromatic ring is 1. The van der Waals surface area contributed by atoms with Gasteiger partial charge in [0.05, 0.1) is 22.0 Å². The number of nitrogens with zero attached hydrogens (tertiary/aromatic N) is 4. The maximum absolute atomic E-state index is 12.8. The van der Waals surface area contributed by atoms with Gasteiger partial charge in [-0.3, -0.25) is 14.8 Å². The molecule has 3 N–H and O–H groups in total. The molecule has 1 aromatic carbocycles. The van der Waals surface area contributed by atoms with E-state index in [0.717, 1.165) is 22.8 Å². The molecular formula is C26H24N6O3S. The van der Waals surface area contributed by atoms with Crippen molar-refractivity contribution in [1.82, 2.24) is 20.3 Å².